The second kappa shape index (κ2) is 9.92. The number of hydrogen-bond acceptors (Lipinski definition) is 2. The Balaban J connectivity index is 0. The van der Waals surface area contributed by atoms with E-state index in [1.165, 1.54) is 6.42 Å². The summed E-state index contributed by atoms with van der Waals surface area (Å²) >= 11 is 0. The van der Waals surface area contributed by atoms with Crippen molar-refractivity contribution in [1.29, 1.82) is 0 Å². The van der Waals surface area contributed by atoms with E-state index in [-0.39, 0.29) is 12.2 Å². The normalized spacial score (nSPS) is 12.3. The minimum absolute atomic E-state index is 0.0973. The van der Waals surface area contributed by atoms with Gasteiger partial charge in [0.15, 0.2) is 0 Å². The molecule has 0 aliphatic rings. The number of rotatable bonds is 3. The Morgan fingerprint density at radius 2 is 1.45 bits per heavy atom. The minimum Gasteiger partial charge on any atom is -0.394 e. The predicted octanol–water partition coefficient (Wildman–Crippen LogP) is 1.94. The van der Waals surface area contributed by atoms with Crippen LogP contribution in [0, 0.1) is 0 Å². The van der Waals surface area contributed by atoms with Crippen LogP contribution in [0.5, 0.6) is 0 Å². The monoisotopic (exact) mass is 162 g/mol. The fraction of sp³-hybridized carbons (Fsp3) is 1.00. The first-order valence-electron chi connectivity index (χ1n) is 4.36. The molecule has 0 aromatic rings. The third kappa shape index (κ3) is 40.5. The van der Waals surface area contributed by atoms with Crippen molar-refractivity contribution in [2.75, 3.05) is 0 Å². The summed E-state index contributed by atoms with van der Waals surface area (Å²) in [5.74, 6) is 0. The zero-order chi connectivity index (χ0) is 9.28. The molecular weight excluding hydrogens is 140 g/mol. The highest BCUT2D eigenvalue weighted by atomic mass is 16.3. The van der Waals surface area contributed by atoms with E-state index in [4.69, 9.17) is 10.2 Å². The van der Waals surface area contributed by atoms with E-state index in [0.717, 1.165) is 12.8 Å². The highest BCUT2D eigenvalue weighted by Gasteiger charge is 1.90. The number of aliphatic hydroxyl groups is 2. The summed E-state index contributed by atoms with van der Waals surface area (Å²) in [4.78, 5) is 0. The molecule has 0 aromatic heterocycles. The van der Waals surface area contributed by atoms with Gasteiger partial charge < -0.3 is 10.2 Å². The highest BCUT2D eigenvalue weighted by Crippen LogP contribution is 1.97. The molecule has 0 amide bonds. The second-order valence-electron chi connectivity index (χ2n) is 3.08. The molecule has 0 bridgehead atoms. The van der Waals surface area contributed by atoms with E-state index >= 15 is 0 Å². The van der Waals surface area contributed by atoms with Gasteiger partial charge in [0, 0.05) is 6.10 Å². The van der Waals surface area contributed by atoms with Crippen molar-refractivity contribution in [1.82, 2.24) is 0 Å². The van der Waals surface area contributed by atoms with E-state index in [1.807, 2.05) is 6.92 Å². The summed E-state index contributed by atoms with van der Waals surface area (Å²) in [6, 6.07) is 0. The van der Waals surface area contributed by atoms with Crippen LogP contribution in [0.3, 0.4) is 0 Å². The van der Waals surface area contributed by atoms with Gasteiger partial charge in [-0.25, -0.2) is 0 Å². The Hall–Kier alpha value is -0.0800. The Morgan fingerprint density at radius 3 is 1.55 bits per heavy atom. The smallest absolute Gasteiger partial charge is 0.0512 e. The van der Waals surface area contributed by atoms with E-state index in [9.17, 15) is 0 Å². The number of aliphatic hydroxyl groups excluding tert-OH is 2. The van der Waals surface area contributed by atoms with Gasteiger partial charge in [-0.2, -0.15) is 0 Å². The van der Waals surface area contributed by atoms with Gasteiger partial charge in [-0.1, -0.05) is 19.8 Å². The van der Waals surface area contributed by atoms with Crippen molar-refractivity contribution in [3.8, 4) is 0 Å². The Labute approximate surface area is 70.3 Å². The molecular formula is C9H22O2. The number of hydrogen-bond donors (Lipinski definition) is 2. The fourth-order valence-electron chi connectivity index (χ4n) is 0.500. The van der Waals surface area contributed by atoms with Gasteiger partial charge in [-0.15, -0.1) is 0 Å². The summed E-state index contributed by atoms with van der Waals surface area (Å²) in [6.45, 7) is 7.40. The van der Waals surface area contributed by atoms with Crippen molar-refractivity contribution >= 4 is 0 Å². The summed E-state index contributed by atoms with van der Waals surface area (Å²) in [5, 5.41) is 16.7. The van der Waals surface area contributed by atoms with Gasteiger partial charge in [-0.05, 0) is 27.2 Å². The Morgan fingerprint density at radius 1 is 1.09 bits per heavy atom. The first kappa shape index (κ1) is 13.5. The molecule has 2 nitrogen and oxygen atoms in total. The quantitative estimate of drug-likeness (QED) is 0.666. The summed E-state index contributed by atoms with van der Waals surface area (Å²) < 4.78 is 0. The minimum atomic E-state index is -0.167. The lowest BCUT2D eigenvalue weighted by Crippen LogP contribution is -1.97. The SMILES string of the molecule is CC(C)O.CCCCC(C)O. The van der Waals surface area contributed by atoms with Crippen LogP contribution < -0.4 is 0 Å². The molecule has 0 spiro atoms. The molecule has 0 aliphatic heterocycles. The predicted molar refractivity (Wildman–Crippen MR) is 48.6 cm³/mol. The number of unbranched alkanes of at least 4 members (excludes halogenated alkanes) is 1. The zero-order valence-corrected chi connectivity index (χ0v) is 8.17. The third-order valence-electron chi connectivity index (χ3n) is 0.975. The fourth-order valence-corrected chi connectivity index (χ4v) is 0.500. The first-order chi connectivity index (χ1) is 5.00. The van der Waals surface area contributed by atoms with Crippen LogP contribution in [0.1, 0.15) is 47.0 Å². The lowest BCUT2D eigenvalue weighted by atomic mass is 10.2. The van der Waals surface area contributed by atoms with E-state index < -0.39 is 0 Å². The second-order valence-corrected chi connectivity index (χ2v) is 3.08. The van der Waals surface area contributed by atoms with Crippen molar-refractivity contribution in [3.05, 3.63) is 0 Å². The molecule has 70 valence electrons. The Bertz CT molecular complexity index is 57.8. The van der Waals surface area contributed by atoms with Gasteiger partial charge >= 0.3 is 0 Å². The van der Waals surface area contributed by atoms with Gasteiger partial charge in [0.2, 0.25) is 0 Å². The van der Waals surface area contributed by atoms with Gasteiger partial charge in [0.05, 0.1) is 6.10 Å². The summed E-state index contributed by atoms with van der Waals surface area (Å²) in [5.41, 5.74) is 0. The van der Waals surface area contributed by atoms with Crippen LogP contribution in [0.4, 0.5) is 0 Å². The third-order valence-corrected chi connectivity index (χ3v) is 0.975. The van der Waals surface area contributed by atoms with Gasteiger partial charge in [0.25, 0.3) is 0 Å². The molecule has 0 fully saturated rings. The highest BCUT2D eigenvalue weighted by molar-refractivity contribution is 4.43. The molecule has 2 heteroatoms. The maximum absolute atomic E-state index is 8.68. The molecule has 0 aliphatic carbocycles. The molecule has 2 N–H and O–H groups in total. The van der Waals surface area contributed by atoms with E-state index in [2.05, 4.69) is 6.92 Å². The lowest BCUT2D eigenvalue weighted by Gasteiger charge is -1.98. The van der Waals surface area contributed by atoms with Crippen molar-refractivity contribution < 1.29 is 10.2 Å². The van der Waals surface area contributed by atoms with Crippen molar-refractivity contribution in [2.24, 2.45) is 0 Å². The lowest BCUT2D eigenvalue weighted by molar-refractivity contribution is 0.181. The van der Waals surface area contributed by atoms with Crippen molar-refractivity contribution in [2.45, 2.75) is 59.2 Å². The molecule has 1 atom stereocenters. The zero-order valence-electron chi connectivity index (χ0n) is 8.17. The van der Waals surface area contributed by atoms with Gasteiger partial charge in [-0.3, -0.25) is 0 Å². The molecule has 0 saturated heterocycles. The molecule has 0 rings (SSSR count). The molecule has 1 unspecified atom stereocenters. The standard InChI is InChI=1S/C6H14O.C3H8O/c1-3-4-5-6(2)7;1-3(2)4/h6-7H,3-5H2,1-2H3;3-4H,1-2H3. The van der Waals surface area contributed by atoms with Crippen LogP contribution in [0.15, 0.2) is 0 Å². The van der Waals surface area contributed by atoms with Crippen molar-refractivity contribution in [3.63, 3.8) is 0 Å². The molecule has 11 heavy (non-hydrogen) atoms. The van der Waals surface area contributed by atoms with Crippen LogP contribution in [0.2, 0.25) is 0 Å². The first-order valence-corrected chi connectivity index (χ1v) is 4.36. The topological polar surface area (TPSA) is 40.5 Å². The maximum Gasteiger partial charge on any atom is 0.0512 e. The van der Waals surface area contributed by atoms with Gasteiger partial charge in [0.1, 0.15) is 0 Å². The average Bonchev–Trinajstić information content (AvgIpc) is 1.82. The summed E-state index contributed by atoms with van der Waals surface area (Å²) in [7, 11) is 0. The largest absolute Gasteiger partial charge is 0.394 e. The van der Waals surface area contributed by atoms with Crippen LogP contribution in [0.25, 0.3) is 0 Å². The Kier molecular flexibility index (Phi) is 12.2. The molecule has 0 heterocycles. The molecule has 0 saturated carbocycles. The molecule has 0 radical (unpaired) electrons. The maximum atomic E-state index is 8.68. The molecule has 0 aromatic carbocycles. The van der Waals surface area contributed by atoms with Crippen LogP contribution in [-0.4, -0.2) is 22.4 Å². The van der Waals surface area contributed by atoms with Crippen LogP contribution in [-0.2, 0) is 0 Å². The van der Waals surface area contributed by atoms with Crippen LogP contribution >= 0.6 is 0 Å². The summed E-state index contributed by atoms with van der Waals surface area (Å²) in [6.07, 6.45) is 3.03. The van der Waals surface area contributed by atoms with E-state index in [1.54, 1.807) is 13.8 Å². The van der Waals surface area contributed by atoms with E-state index in [0.29, 0.717) is 0 Å². The average molecular weight is 162 g/mol.